The van der Waals surface area contributed by atoms with Crippen LogP contribution in [-0.4, -0.2) is 11.1 Å². The summed E-state index contributed by atoms with van der Waals surface area (Å²) in [5, 5.41) is 9.85. The fourth-order valence-corrected chi connectivity index (χ4v) is 3.41. The Bertz CT molecular complexity index is 498. The molecule has 1 aliphatic carbocycles. The van der Waals surface area contributed by atoms with Crippen molar-refractivity contribution in [2.75, 3.05) is 0 Å². The Labute approximate surface area is 122 Å². The molecule has 1 N–H and O–H groups in total. The van der Waals surface area contributed by atoms with Gasteiger partial charge in [0.1, 0.15) is 0 Å². The summed E-state index contributed by atoms with van der Waals surface area (Å²) in [4.78, 5) is 12.0. The van der Waals surface area contributed by atoms with E-state index in [-0.39, 0.29) is 5.41 Å². The van der Waals surface area contributed by atoms with E-state index in [2.05, 4.69) is 39.8 Å². The first kappa shape index (κ1) is 15.1. The molecule has 1 aromatic carbocycles. The van der Waals surface area contributed by atoms with Crippen molar-refractivity contribution in [1.29, 1.82) is 0 Å². The zero-order valence-electron chi connectivity index (χ0n) is 13.1. The second-order valence-corrected chi connectivity index (χ2v) is 7.42. The van der Waals surface area contributed by atoms with Gasteiger partial charge in [-0.25, -0.2) is 0 Å². The number of carboxylic acid groups (broad SMARTS) is 1. The minimum atomic E-state index is -0.682. The van der Waals surface area contributed by atoms with Gasteiger partial charge in [0, 0.05) is 0 Å². The van der Waals surface area contributed by atoms with Crippen LogP contribution in [-0.2, 0) is 15.6 Å². The molecule has 0 bridgehead atoms. The fraction of sp³-hybridized carbons (Fsp3) is 0.611. The van der Waals surface area contributed by atoms with Crippen LogP contribution in [0.3, 0.4) is 0 Å². The molecule has 110 valence electrons. The molecular formula is C18H26O2. The number of aliphatic carboxylic acids is 1. The zero-order valence-corrected chi connectivity index (χ0v) is 13.1. The van der Waals surface area contributed by atoms with Gasteiger partial charge in [-0.05, 0) is 35.3 Å². The summed E-state index contributed by atoms with van der Waals surface area (Å²) >= 11 is 0. The molecule has 2 heteroatoms. The Morgan fingerprint density at radius 1 is 1.35 bits per heavy atom. The fourth-order valence-electron chi connectivity index (χ4n) is 3.41. The number of carboxylic acids is 1. The Balaban J connectivity index is 2.48. The maximum atomic E-state index is 12.0. The Kier molecular flexibility index (Phi) is 3.95. The van der Waals surface area contributed by atoms with E-state index in [1.165, 1.54) is 5.56 Å². The lowest BCUT2D eigenvalue weighted by molar-refractivity contribution is -0.146. The number of benzene rings is 1. The molecule has 0 aliphatic heterocycles. The van der Waals surface area contributed by atoms with Crippen molar-refractivity contribution < 1.29 is 9.90 Å². The highest BCUT2D eigenvalue weighted by Gasteiger charge is 2.43. The molecule has 0 saturated heterocycles. The summed E-state index contributed by atoms with van der Waals surface area (Å²) < 4.78 is 0. The van der Waals surface area contributed by atoms with Crippen molar-refractivity contribution in [3.05, 3.63) is 35.4 Å². The lowest BCUT2D eigenvalue weighted by atomic mass is 9.65. The van der Waals surface area contributed by atoms with Gasteiger partial charge >= 0.3 is 5.97 Å². The van der Waals surface area contributed by atoms with E-state index in [0.29, 0.717) is 5.92 Å². The molecule has 0 unspecified atom stereocenters. The molecule has 0 radical (unpaired) electrons. The van der Waals surface area contributed by atoms with E-state index in [9.17, 15) is 9.90 Å². The molecule has 0 amide bonds. The Hall–Kier alpha value is -1.31. The lowest BCUT2D eigenvalue weighted by Crippen LogP contribution is -2.40. The average molecular weight is 274 g/mol. The van der Waals surface area contributed by atoms with Crippen LogP contribution in [0.5, 0.6) is 0 Å². The molecule has 0 heterocycles. The molecule has 1 aliphatic rings. The summed E-state index contributed by atoms with van der Waals surface area (Å²) in [6.45, 7) is 8.68. The highest BCUT2D eigenvalue weighted by Crippen LogP contribution is 2.43. The van der Waals surface area contributed by atoms with Crippen molar-refractivity contribution in [3.63, 3.8) is 0 Å². The number of hydrogen-bond donors (Lipinski definition) is 1. The number of rotatable bonds is 2. The minimum absolute atomic E-state index is 0.0516. The van der Waals surface area contributed by atoms with Crippen molar-refractivity contribution in [3.8, 4) is 0 Å². The lowest BCUT2D eigenvalue weighted by Gasteiger charge is -2.37. The molecule has 1 fully saturated rings. The van der Waals surface area contributed by atoms with E-state index in [1.807, 2.05) is 12.1 Å². The normalized spacial score (nSPS) is 27.3. The Morgan fingerprint density at radius 3 is 2.60 bits per heavy atom. The minimum Gasteiger partial charge on any atom is -0.481 e. The zero-order chi connectivity index (χ0) is 15.0. The summed E-state index contributed by atoms with van der Waals surface area (Å²) in [5.41, 5.74) is 1.58. The topological polar surface area (TPSA) is 37.3 Å². The first-order valence-corrected chi connectivity index (χ1v) is 7.60. The van der Waals surface area contributed by atoms with Gasteiger partial charge in [0.05, 0.1) is 5.41 Å². The molecule has 2 rings (SSSR count). The molecule has 2 nitrogen and oxygen atoms in total. The number of carbonyl (C=O) groups is 1. The molecule has 0 aromatic heterocycles. The van der Waals surface area contributed by atoms with Crippen LogP contribution in [0.25, 0.3) is 0 Å². The van der Waals surface area contributed by atoms with Crippen LogP contribution < -0.4 is 0 Å². The van der Waals surface area contributed by atoms with Gasteiger partial charge in [-0.2, -0.15) is 0 Å². The summed E-state index contributed by atoms with van der Waals surface area (Å²) in [6.07, 6.45) is 3.68. The largest absolute Gasteiger partial charge is 0.481 e. The summed E-state index contributed by atoms with van der Waals surface area (Å²) in [7, 11) is 0. The van der Waals surface area contributed by atoms with E-state index in [4.69, 9.17) is 0 Å². The van der Waals surface area contributed by atoms with Gasteiger partial charge in [-0.3, -0.25) is 4.79 Å². The van der Waals surface area contributed by atoms with E-state index < -0.39 is 11.4 Å². The average Bonchev–Trinajstić information content (AvgIpc) is 2.37. The third-order valence-corrected chi connectivity index (χ3v) is 4.69. The van der Waals surface area contributed by atoms with Crippen LogP contribution in [0.1, 0.15) is 64.5 Å². The standard InChI is InChI=1S/C18H26O2/c1-13-7-6-10-18(12-13,16(19)20)15-9-5-8-14(11-15)17(2,3)4/h5,8-9,11,13H,6-7,10,12H2,1-4H3,(H,19,20)/t13-,18-/m0/s1. The smallest absolute Gasteiger partial charge is 0.314 e. The molecule has 2 atom stereocenters. The maximum Gasteiger partial charge on any atom is 0.314 e. The van der Waals surface area contributed by atoms with Gasteiger partial charge < -0.3 is 5.11 Å². The first-order chi connectivity index (χ1) is 9.25. The van der Waals surface area contributed by atoms with Gasteiger partial charge in [0.2, 0.25) is 0 Å². The second-order valence-electron chi connectivity index (χ2n) is 7.42. The van der Waals surface area contributed by atoms with Gasteiger partial charge in [0.15, 0.2) is 0 Å². The van der Waals surface area contributed by atoms with Crippen molar-refractivity contribution in [2.45, 2.75) is 64.2 Å². The first-order valence-electron chi connectivity index (χ1n) is 7.60. The molecule has 20 heavy (non-hydrogen) atoms. The number of hydrogen-bond acceptors (Lipinski definition) is 1. The van der Waals surface area contributed by atoms with Crippen LogP contribution in [0.2, 0.25) is 0 Å². The van der Waals surface area contributed by atoms with E-state index in [0.717, 1.165) is 31.2 Å². The van der Waals surface area contributed by atoms with Gasteiger partial charge in [0.25, 0.3) is 0 Å². The van der Waals surface area contributed by atoms with Crippen molar-refractivity contribution >= 4 is 5.97 Å². The molecule has 1 aromatic rings. The quantitative estimate of drug-likeness (QED) is 0.861. The summed E-state index contributed by atoms with van der Waals surface area (Å²) in [6, 6.07) is 8.23. The van der Waals surface area contributed by atoms with Crippen LogP contribution in [0.4, 0.5) is 0 Å². The van der Waals surface area contributed by atoms with Gasteiger partial charge in [-0.15, -0.1) is 0 Å². The van der Waals surface area contributed by atoms with Crippen molar-refractivity contribution in [1.82, 2.24) is 0 Å². The second kappa shape index (κ2) is 5.23. The highest BCUT2D eigenvalue weighted by molar-refractivity contribution is 5.81. The summed E-state index contributed by atoms with van der Waals surface area (Å²) in [5.74, 6) is -0.173. The van der Waals surface area contributed by atoms with Crippen LogP contribution in [0.15, 0.2) is 24.3 Å². The molecule has 0 spiro atoms. The van der Waals surface area contributed by atoms with Crippen LogP contribution >= 0.6 is 0 Å². The third-order valence-electron chi connectivity index (χ3n) is 4.69. The van der Waals surface area contributed by atoms with E-state index >= 15 is 0 Å². The predicted octanol–water partition coefficient (Wildman–Crippen LogP) is 4.52. The predicted molar refractivity (Wildman–Crippen MR) is 82.1 cm³/mol. The molecular weight excluding hydrogens is 248 g/mol. The maximum absolute atomic E-state index is 12.0. The highest BCUT2D eigenvalue weighted by atomic mass is 16.4. The SMILES string of the molecule is C[C@H]1CCC[C@@](C(=O)O)(c2cccc(C(C)(C)C)c2)C1. The Morgan fingerprint density at radius 2 is 2.05 bits per heavy atom. The third kappa shape index (κ3) is 2.74. The van der Waals surface area contributed by atoms with Crippen molar-refractivity contribution in [2.24, 2.45) is 5.92 Å². The van der Waals surface area contributed by atoms with E-state index in [1.54, 1.807) is 0 Å². The van der Waals surface area contributed by atoms with Gasteiger partial charge in [-0.1, -0.05) is 64.8 Å². The molecule has 1 saturated carbocycles. The monoisotopic (exact) mass is 274 g/mol. The van der Waals surface area contributed by atoms with Crippen LogP contribution in [0, 0.1) is 5.92 Å².